The van der Waals surface area contributed by atoms with Crippen LogP contribution in [0.3, 0.4) is 0 Å². The Kier molecular flexibility index (Phi) is 3.30. The van der Waals surface area contributed by atoms with Gasteiger partial charge in [-0.2, -0.15) is 0 Å². The highest BCUT2D eigenvalue weighted by molar-refractivity contribution is 7.89. The second-order valence-electron chi connectivity index (χ2n) is 5.49. The van der Waals surface area contributed by atoms with Crippen LogP contribution in [0.5, 0.6) is 0 Å². The second kappa shape index (κ2) is 4.86. The molecule has 2 aliphatic rings. The van der Waals surface area contributed by atoms with Crippen molar-refractivity contribution in [3.8, 4) is 0 Å². The molecule has 0 aromatic heterocycles. The molecule has 1 amide bonds. The number of sulfonamides is 1. The number of anilines is 1. The molecular formula is C14H18N2O3S. The number of fused-ring (bicyclic) bond motifs is 1. The first-order valence-corrected chi connectivity index (χ1v) is 8.37. The Balaban J connectivity index is 1.96. The van der Waals surface area contributed by atoms with Gasteiger partial charge in [-0.25, -0.2) is 13.1 Å². The zero-order valence-electron chi connectivity index (χ0n) is 11.4. The van der Waals surface area contributed by atoms with Crippen molar-refractivity contribution in [1.82, 2.24) is 4.72 Å². The topological polar surface area (TPSA) is 66.5 Å². The average molecular weight is 294 g/mol. The minimum atomic E-state index is -3.43. The Morgan fingerprint density at radius 2 is 2.00 bits per heavy atom. The van der Waals surface area contributed by atoms with Crippen LogP contribution in [0.15, 0.2) is 23.1 Å². The number of benzene rings is 1. The van der Waals surface area contributed by atoms with Crippen LogP contribution in [0.2, 0.25) is 0 Å². The smallest absolute Gasteiger partial charge is 0.240 e. The Bertz CT molecular complexity index is 650. The van der Waals surface area contributed by atoms with Crippen LogP contribution in [0.25, 0.3) is 0 Å². The van der Waals surface area contributed by atoms with Crippen LogP contribution in [0.1, 0.15) is 31.2 Å². The third-order valence-corrected chi connectivity index (χ3v) is 5.35. The van der Waals surface area contributed by atoms with E-state index in [0.717, 1.165) is 36.9 Å². The van der Waals surface area contributed by atoms with Crippen molar-refractivity contribution in [1.29, 1.82) is 0 Å². The van der Waals surface area contributed by atoms with Gasteiger partial charge in [0.15, 0.2) is 0 Å². The summed E-state index contributed by atoms with van der Waals surface area (Å²) >= 11 is 0. The second-order valence-corrected chi connectivity index (χ2v) is 7.21. The molecule has 0 bridgehead atoms. The van der Waals surface area contributed by atoms with E-state index in [1.807, 2.05) is 0 Å². The van der Waals surface area contributed by atoms with Gasteiger partial charge in [0.1, 0.15) is 0 Å². The maximum absolute atomic E-state index is 12.2. The largest absolute Gasteiger partial charge is 0.315 e. The van der Waals surface area contributed by atoms with Crippen LogP contribution in [-0.4, -0.2) is 27.4 Å². The van der Waals surface area contributed by atoms with Gasteiger partial charge >= 0.3 is 0 Å². The molecule has 20 heavy (non-hydrogen) atoms. The van der Waals surface area contributed by atoms with Crippen molar-refractivity contribution in [3.05, 3.63) is 23.8 Å². The summed E-state index contributed by atoms with van der Waals surface area (Å²) in [7, 11) is -1.69. The van der Waals surface area contributed by atoms with Crippen LogP contribution < -0.4 is 9.62 Å². The molecule has 6 heteroatoms. The van der Waals surface area contributed by atoms with Gasteiger partial charge in [-0.15, -0.1) is 0 Å². The van der Waals surface area contributed by atoms with Gasteiger partial charge in [-0.1, -0.05) is 0 Å². The Morgan fingerprint density at radius 3 is 2.70 bits per heavy atom. The molecule has 1 aliphatic carbocycles. The summed E-state index contributed by atoms with van der Waals surface area (Å²) in [5, 5.41) is 0. The van der Waals surface area contributed by atoms with Crippen LogP contribution in [-0.2, 0) is 21.2 Å². The number of amides is 1. The molecule has 0 spiro atoms. The maximum Gasteiger partial charge on any atom is 0.240 e. The highest BCUT2D eigenvalue weighted by Gasteiger charge is 2.29. The van der Waals surface area contributed by atoms with E-state index in [2.05, 4.69) is 4.72 Å². The molecule has 1 saturated carbocycles. The molecule has 3 rings (SSSR count). The Hall–Kier alpha value is -1.40. The summed E-state index contributed by atoms with van der Waals surface area (Å²) in [5.74, 6) is 0.0791. The Morgan fingerprint density at radius 1 is 1.25 bits per heavy atom. The van der Waals surface area contributed by atoms with Gasteiger partial charge in [0.05, 0.1) is 4.90 Å². The van der Waals surface area contributed by atoms with Gasteiger partial charge in [0.2, 0.25) is 15.9 Å². The predicted octanol–water partition coefficient (Wildman–Crippen LogP) is 1.43. The first-order chi connectivity index (χ1) is 9.47. The molecule has 0 saturated heterocycles. The lowest BCUT2D eigenvalue weighted by atomic mass is 10.1. The van der Waals surface area contributed by atoms with Crippen molar-refractivity contribution >= 4 is 21.6 Å². The number of hydrogen-bond acceptors (Lipinski definition) is 3. The SMILES string of the molecule is CN1C(=O)CCCc2cc(S(=O)(=O)NC3CC3)ccc21. The molecule has 1 aromatic rings. The minimum absolute atomic E-state index is 0.0791. The fourth-order valence-electron chi connectivity index (χ4n) is 2.48. The monoisotopic (exact) mass is 294 g/mol. The van der Waals surface area contributed by atoms with E-state index in [9.17, 15) is 13.2 Å². The van der Waals surface area contributed by atoms with Crippen molar-refractivity contribution in [2.75, 3.05) is 11.9 Å². The molecule has 0 radical (unpaired) electrons. The number of nitrogens with zero attached hydrogens (tertiary/aromatic N) is 1. The van der Waals surface area contributed by atoms with Crippen LogP contribution in [0.4, 0.5) is 5.69 Å². The molecule has 1 fully saturated rings. The number of carbonyl (C=O) groups excluding carboxylic acids is 1. The minimum Gasteiger partial charge on any atom is -0.315 e. The number of carbonyl (C=O) groups is 1. The van der Waals surface area contributed by atoms with E-state index >= 15 is 0 Å². The molecule has 5 nitrogen and oxygen atoms in total. The first kappa shape index (κ1) is 13.6. The number of rotatable bonds is 3. The molecule has 1 aliphatic heterocycles. The van der Waals surface area contributed by atoms with E-state index in [1.54, 1.807) is 30.1 Å². The molecule has 108 valence electrons. The normalized spacial score (nSPS) is 19.6. The third-order valence-electron chi connectivity index (χ3n) is 3.83. The first-order valence-electron chi connectivity index (χ1n) is 6.89. The van der Waals surface area contributed by atoms with Crippen molar-refractivity contribution in [2.45, 2.75) is 43.0 Å². The van der Waals surface area contributed by atoms with E-state index in [1.165, 1.54) is 0 Å². The van der Waals surface area contributed by atoms with Crippen molar-refractivity contribution < 1.29 is 13.2 Å². The van der Waals surface area contributed by atoms with Gasteiger partial charge < -0.3 is 4.90 Å². The third kappa shape index (κ3) is 2.58. The Labute approximate surface area is 119 Å². The highest BCUT2D eigenvalue weighted by Crippen LogP contribution is 2.29. The van der Waals surface area contributed by atoms with E-state index < -0.39 is 10.0 Å². The summed E-state index contributed by atoms with van der Waals surface area (Å²) in [4.78, 5) is 13.7. The van der Waals surface area contributed by atoms with E-state index in [4.69, 9.17) is 0 Å². The van der Waals surface area contributed by atoms with Gasteiger partial charge in [0.25, 0.3) is 0 Å². The van der Waals surface area contributed by atoms with Crippen LogP contribution >= 0.6 is 0 Å². The zero-order chi connectivity index (χ0) is 14.3. The maximum atomic E-state index is 12.2. The molecule has 1 N–H and O–H groups in total. The molecule has 1 heterocycles. The molecule has 0 atom stereocenters. The average Bonchev–Trinajstić information content (AvgIpc) is 3.21. The van der Waals surface area contributed by atoms with Crippen molar-refractivity contribution in [3.63, 3.8) is 0 Å². The fraction of sp³-hybridized carbons (Fsp3) is 0.500. The number of aryl methyl sites for hydroxylation is 1. The zero-order valence-corrected chi connectivity index (χ0v) is 12.2. The predicted molar refractivity (Wildman–Crippen MR) is 76.1 cm³/mol. The quantitative estimate of drug-likeness (QED) is 0.917. The summed E-state index contributed by atoms with van der Waals surface area (Å²) in [6.45, 7) is 0. The van der Waals surface area contributed by atoms with Crippen molar-refractivity contribution in [2.24, 2.45) is 0 Å². The molecular weight excluding hydrogens is 276 g/mol. The molecule has 0 unspecified atom stereocenters. The lowest BCUT2D eigenvalue weighted by Gasteiger charge is -2.18. The van der Waals surface area contributed by atoms with Gasteiger partial charge in [0, 0.05) is 25.2 Å². The standard InChI is InChI=1S/C14H18N2O3S/c1-16-13-8-7-12(20(18,19)15-11-5-6-11)9-10(13)3-2-4-14(16)17/h7-9,11,15H,2-6H2,1H3. The van der Waals surface area contributed by atoms with E-state index in [0.29, 0.717) is 11.3 Å². The van der Waals surface area contributed by atoms with Gasteiger partial charge in [-0.05, 0) is 49.4 Å². The highest BCUT2D eigenvalue weighted by atomic mass is 32.2. The summed E-state index contributed by atoms with van der Waals surface area (Å²) < 4.78 is 27.1. The lowest BCUT2D eigenvalue weighted by molar-refractivity contribution is -0.118. The molecule has 1 aromatic carbocycles. The summed E-state index contributed by atoms with van der Waals surface area (Å²) in [5.41, 5.74) is 1.75. The number of nitrogens with one attached hydrogen (secondary N) is 1. The van der Waals surface area contributed by atoms with Gasteiger partial charge in [-0.3, -0.25) is 4.79 Å². The van der Waals surface area contributed by atoms with Crippen LogP contribution in [0, 0.1) is 0 Å². The van der Waals surface area contributed by atoms with E-state index in [-0.39, 0.29) is 11.9 Å². The number of hydrogen-bond donors (Lipinski definition) is 1. The summed E-state index contributed by atoms with van der Waals surface area (Å²) in [6.07, 6.45) is 3.84. The fourth-order valence-corrected chi connectivity index (χ4v) is 3.83. The lowest BCUT2D eigenvalue weighted by Crippen LogP contribution is -2.27. The summed E-state index contributed by atoms with van der Waals surface area (Å²) in [6, 6.07) is 5.12.